The van der Waals surface area contributed by atoms with Gasteiger partial charge in [-0.2, -0.15) is 0 Å². The van der Waals surface area contributed by atoms with Gasteiger partial charge in [-0.1, -0.05) is 26.0 Å². The summed E-state index contributed by atoms with van der Waals surface area (Å²) < 4.78 is 0. The predicted molar refractivity (Wildman–Crippen MR) is 80.6 cm³/mol. The summed E-state index contributed by atoms with van der Waals surface area (Å²) in [4.78, 5) is 15.7. The lowest BCUT2D eigenvalue weighted by Gasteiger charge is -2.09. The second-order valence-corrected chi connectivity index (χ2v) is 4.94. The van der Waals surface area contributed by atoms with Crippen molar-refractivity contribution < 1.29 is 4.79 Å². The van der Waals surface area contributed by atoms with E-state index in [1.165, 1.54) is 5.56 Å². The molecule has 1 heterocycles. The van der Waals surface area contributed by atoms with E-state index in [0.717, 1.165) is 11.3 Å². The number of carbonyl (C=O) groups is 1. The van der Waals surface area contributed by atoms with Crippen LogP contribution in [0.2, 0.25) is 0 Å². The molecule has 4 nitrogen and oxygen atoms in total. The van der Waals surface area contributed by atoms with Gasteiger partial charge in [0.05, 0.1) is 0 Å². The molecule has 1 aromatic carbocycles. The fraction of sp³-hybridized carbons (Fsp3) is 0.250. The number of aromatic nitrogens is 1. The van der Waals surface area contributed by atoms with E-state index < -0.39 is 0 Å². The van der Waals surface area contributed by atoms with Crippen molar-refractivity contribution in [2.45, 2.75) is 26.3 Å². The number of nitrogens with zero attached hydrogens (tertiary/aromatic N) is 1. The third kappa shape index (κ3) is 4.09. The first-order valence-corrected chi connectivity index (χ1v) is 6.69. The Morgan fingerprint density at radius 2 is 1.75 bits per heavy atom. The quantitative estimate of drug-likeness (QED) is 0.892. The maximum atomic E-state index is 11.8. The molecule has 104 valence electrons. The standard InChI is InChI=1S/C16H19N3O/c1-12(2)14-3-5-15(6-4-14)19-16(20)18-11-13-7-9-17-10-8-13/h3-10,12H,11H2,1-2H3,(H2,18,19,20). The molecule has 0 fully saturated rings. The summed E-state index contributed by atoms with van der Waals surface area (Å²) in [5, 5.41) is 5.62. The highest BCUT2D eigenvalue weighted by Gasteiger charge is 2.03. The zero-order valence-corrected chi connectivity index (χ0v) is 11.8. The molecule has 0 saturated carbocycles. The fourth-order valence-corrected chi connectivity index (χ4v) is 1.81. The van der Waals surface area contributed by atoms with Crippen LogP contribution in [0.5, 0.6) is 0 Å². The van der Waals surface area contributed by atoms with Gasteiger partial charge >= 0.3 is 6.03 Å². The number of nitrogens with one attached hydrogen (secondary N) is 2. The molecule has 1 aromatic heterocycles. The molecule has 2 N–H and O–H groups in total. The van der Waals surface area contributed by atoms with Gasteiger partial charge in [0.15, 0.2) is 0 Å². The molecule has 0 bridgehead atoms. The van der Waals surface area contributed by atoms with Crippen molar-refractivity contribution in [2.24, 2.45) is 0 Å². The maximum absolute atomic E-state index is 11.8. The first kappa shape index (κ1) is 14.1. The fourth-order valence-electron chi connectivity index (χ4n) is 1.81. The normalized spacial score (nSPS) is 10.3. The molecule has 0 radical (unpaired) electrons. The number of rotatable bonds is 4. The minimum absolute atomic E-state index is 0.209. The van der Waals surface area contributed by atoms with Crippen LogP contribution in [0.3, 0.4) is 0 Å². The van der Waals surface area contributed by atoms with E-state index in [1.807, 2.05) is 36.4 Å². The molecule has 0 saturated heterocycles. The van der Waals surface area contributed by atoms with Crippen LogP contribution < -0.4 is 10.6 Å². The van der Waals surface area contributed by atoms with Gasteiger partial charge < -0.3 is 10.6 Å². The molecule has 2 aromatic rings. The van der Waals surface area contributed by atoms with Crippen LogP contribution in [0, 0.1) is 0 Å². The monoisotopic (exact) mass is 269 g/mol. The first-order chi connectivity index (χ1) is 9.65. The Kier molecular flexibility index (Phi) is 4.71. The second kappa shape index (κ2) is 6.70. The first-order valence-electron chi connectivity index (χ1n) is 6.69. The summed E-state index contributed by atoms with van der Waals surface area (Å²) >= 11 is 0. The Bertz CT molecular complexity index is 550. The van der Waals surface area contributed by atoms with E-state index in [1.54, 1.807) is 12.4 Å². The summed E-state index contributed by atoms with van der Waals surface area (Å²) in [6.45, 7) is 4.77. The summed E-state index contributed by atoms with van der Waals surface area (Å²) in [6.07, 6.45) is 3.42. The van der Waals surface area contributed by atoms with E-state index in [0.29, 0.717) is 12.5 Å². The SMILES string of the molecule is CC(C)c1ccc(NC(=O)NCc2ccncc2)cc1. The Labute approximate surface area is 119 Å². The Balaban J connectivity index is 1.85. The molecule has 2 amide bonds. The van der Waals surface area contributed by atoms with Crippen molar-refractivity contribution in [1.29, 1.82) is 0 Å². The molecule has 0 aliphatic heterocycles. The average Bonchev–Trinajstić information content (AvgIpc) is 2.47. The molecule has 20 heavy (non-hydrogen) atoms. The van der Waals surface area contributed by atoms with Crippen molar-refractivity contribution in [3.63, 3.8) is 0 Å². The van der Waals surface area contributed by atoms with E-state index in [2.05, 4.69) is 29.5 Å². The van der Waals surface area contributed by atoms with E-state index in [9.17, 15) is 4.79 Å². The third-order valence-electron chi connectivity index (χ3n) is 3.04. The topological polar surface area (TPSA) is 54.0 Å². The number of hydrogen-bond donors (Lipinski definition) is 2. The molecule has 0 unspecified atom stereocenters. The lowest BCUT2D eigenvalue weighted by atomic mass is 10.0. The van der Waals surface area contributed by atoms with Gasteiger partial charge in [0.25, 0.3) is 0 Å². The van der Waals surface area contributed by atoms with Crippen LogP contribution >= 0.6 is 0 Å². The number of pyridine rings is 1. The third-order valence-corrected chi connectivity index (χ3v) is 3.04. The lowest BCUT2D eigenvalue weighted by Crippen LogP contribution is -2.28. The number of benzene rings is 1. The summed E-state index contributed by atoms with van der Waals surface area (Å²) in [7, 11) is 0. The van der Waals surface area contributed by atoms with Gasteiger partial charge in [0.1, 0.15) is 0 Å². The number of hydrogen-bond acceptors (Lipinski definition) is 2. The Morgan fingerprint density at radius 1 is 1.10 bits per heavy atom. The van der Waals surface area contributed by atoms with Crippen LogP contribution in [-0.2, 0) is 6.54 Å². The van der Waals surface area contributed by atoms with Crippen LogP contribution in [-0.4, -0.2) is 11.0 Å². The molecule has 0 aliphatic rings. The van der Waals surface area contributed by atoms with Gasteiger partial charge in [-0.05, 0) is 41.3 Å². The number of carbonyl (C=O) groups excluding carboxylic acids is 1. The van der Waals surface area contributed by atoms with E-state index >= 15 is 0 Å². The van der Waals surface area contributed by atoms with Crippen LogP contribution in [0.15, 0.2) is 48.8 Å². The second-order valence-electron chi connectivity index (χ2n) is 4.94. The zero-order chi connectivity index (χ0) is 14.4. The molecule has 0 atom stereocenters. The van der Waals surface area contributed by atoms with Crippen molar-refractivity contribution >= 4 is 11.7 Å². The van der Waals surface area contributed by atoms with Gasteiger partial charge in [-0.3, -0.25) is 4.98 Å². The number of amides is 2. The Hall–Kier alpha value is -2.36. The van der Waals surface area contributed by atoms with E-state index in [4.69, 9.17) is 0 Å². The van der Waals surface area contributed by atoms with Gasteiger partial charge in [-0.25, -0.2) is 4.79 Å². The maximum Gasteiger partial charge on any atom is 0.319 e. The molecule has 4 heteroatoms. The average molecular weight is 269 g/mol. The van der Waals surface area contributed by atoms with Crippen LogP contribution in [0.25, 0.3) is 0 Å². The van der Waals surface area contributed by atoms with Crippen molar-refractivity contribution in [3.8, 4) is 0 Å². The van der Waals surface area contributed by atoms with Crippen LogP contribution in [0.1, 0.15) is 30.9 Å². The zero-order valence-electron chi connectivity index (χ0n) is 11.8. The highest BCUT2D eigenvalue weighted by Crippen LogP contribution is 2.16. The van der Waals surface area contributed by atoms with Crippen molar-refractivity contribution in [2.75, 3.05) is 5.32 Å². The van der Waals surface area contributed by atoms with Gasteiger partial charge in [0, 0.05) is 24.6 Å². The Morgan fingerprint density at radius 3 is 2.35 bits per heavy atom. The molecular weight excluding hydrogens is 250 g/mol. The summed E-state index contributed by atoms with van der Waals surface area (Å²) in [5.74, 6) is 0.490. The minimum atomic E-state index is -0.209. The van der Waals surface area contributed by atoms with Crippen molar-refractivity contribution in [3.05, 3.63) is 59.9 Å². The molecular formula is C16H19N3O. The molecule has 0 spiro atoms. The number of anilines is 1. The molecule has 2 rings (SSSR count). The smallest absolute Gasteiger partial charge is 0.319 e. The minimum Gasteiger partial charge on any atom is -0.334 e. The largest absolute Gasteiger partial charge is 0.334 e. The van der Waals surface area contributed by atoms with Crippen molar-refractivity contribution in [1.82, 2.24) is 10.3 Å². The van der Waals surface area contributed by atoms with Crippen LogP contribution in [0.4, 0.5) is 10.5 Å². The number of urea groups is 1. The predicted octanol–water partition coefficient (Wildman–Crippen LogP) is 3.53. The van der Waals surface area contributed by atoms with Gasteiger partial charge in [-0.15, -0.1) is 0 Å². The summed E-state index contributed by atoms with van der Waals surface area (Å²) in [6, 6.07) is 11.4. The molecule has 0 aliphatic carbocycles. The van der Waals surface area contributed by atoms with Gasteiger partial charge in [0.2, 0.25) is 0 Å². The van der Waals surface area contributed by atoms with E-state index in [-0.39, 0.29) is 6.03 Å². The highest BCUT2D eigenvalue weighted by molar-refractivity contribution is 5.89. The lowest BCUT2D eigenvalue weighted by molar-refractivity contribution is 0.251. The highest BCUT2D eigenvalue weighted by atomic mass is 16.2. The summed E-state index contributed by atoms with van der Waals surface area (Å²) in [5.41, 5.74) is 3.07.